The van der Waals surface area contributed by atoms with Crippen molar-refractivity contribution in [2.75, 3.05) is 6.61 Å². The minimum atomic E-state index is -0.624. The third kappa shape index (κ3) is 7.81. The van der Waals surface area contributed by atoms with E-state index < -0.39 is 6.04 Å². The van der Waals surface area contributed by atoms with Gasteiger partial charge in [0, 0.05) is 12.6 Å². The Labute approximate surface area is 209 Å². The summed E-state index contributed by atoms with van der Waals surface area (Å²) in [5.41, 5.74) is 1.97. The van der Waals surface area contributed by atoms with E-state index in [1.165, 1.54) is 24.1 Å². The number of rotatable bonds is 9. The van der Waals surface area contributed by atoms with E-state index in [0.717, 1.165) is 31.2 Å². The third-order valence-corrected chi connectivity index (χ3v) is 6.69. The monoisotopic (exact) mass is 482 g/mol. The van der Waals surface area contributed by atoms with Crippen molar-refractivity contribution in [3.05, 3.63) is 65.5 Å². The molecule has 1 aliphatic carbocycles. The second kappa shape index (κ2) is 12.2. The molecule has 2 aromatic rings. The number of carbonyl (C=O) groups excluding carboxylic acids is 2. The maximum Gasteiger partial charge on any atom is 0.261 e. The topological polar surface area (TPSA) is 58.6 Å². The number of carbonyl (C=O) groups is 2. The van der Waals surface area contributed by atoms with Crippen LogP contribution in [0.15, 0.2) is 48.5 Å². The zero-order chi connectivity index (χ0) is 25.4. The summed E-state index contributed by atoms with van der Waals surface area (Å²) < 4.78 is 19.3. The standard InChI is InChI=1S/C29H39FN2O3/c1-5-26(28(34)31-24-9-7-6-8-10-24)32(19-21-11-15-23(30)16-12-21)27(33)20-35-25-17-13-22(14-18-25)29(2,3)4/h11-18,24,26H,5-10,19-20H2,1-4H3,(H,31,34). The molecule has 2 aromatic carbocycles. The molecular formula is C29H39FN2O3. The predicted molar refractivity (Wildman–Crippen MR) is 137 cm³/mol. The number of amides is 2. The zero-order valence-corrected chi connectivity index (χ0v) is 21.5. The van der Waals surface area contributed by atoms with Crippen LogP contribution in [0, 0.1) is 5.82 Å². The highest BCUT2D eigenvalue weighted by Gasteiger charge is 2.30. The van der Waals surface area contributed by atoms with E-state index in [9.17, 15) is 14.0 Å². The Bertz CT molecular complexity index is 961. The summed E-state index contributed by atoms with van der Waals surface area (Å²) >= 11 is 0. The van der Waals surface area contributed by atoms with Crippen molar-refractivity contribution in [2.24, 2.45) is 0 Å². The summed E-state index contributed by atoms with van der Waals surface area (Å²) in [5.74, 6) is -0.146. The van der Waals surface area contributed by atoms with Gasteiger partial charge in [-0.2, -0.15) is 0 Å². The molecule has 0 aromatic heterocycles. The molecule has 1 fully saturated rings. The molecule has 3 rings (SSSR count). The maximum atomic E-state index is 13.4. The lowest BCUT2D eigenvalue weighted by molar-refractivity contribution is -0.143. The van der Waals surface area contributed by atoms with Gasteiger partial charge < -0.3 is 15.0 Å². The third-order valence-electron chi connectivity index (χ3n) is 6.69. The van der Waals surface area contributed by atoms with E-state index in [1.54, 1.807) is 17.0 Å². The van der Waals surface area contributed by atoms with Crippen molar-refractivity contribution in [3.8, 4) is 5.75 Å². The van der Waals surface area contributed by atoms with Gasteiger partial charge in [0.05, 0.1) is 0 Å². The van der Waals surface area contributed by atoms with Crippen LogP contribution in [-0.2, 0) is 21.5 Å². The lowest BCUT2D eigenvalue weighted by Crippen LogP contribution is -2.52. The molecular weight excluding hydrogens is 443 g/mol. The highest BCUT2D eigenvalue weighted by molar-refractivity contribution is 5.88. The quantitative estimate of drug-likeness (QED) is 0.494. The highest BCUT2D eigenvalue weighted by Crippen LogP contribution is 2.24. The molecule has 0 saturated heterocycles. The van der Waals surface area contributed by atoms with Gasteiger partial charge in [-0.15, -0.1) is 0 Å². The molecule has 0 aliphatic heterocycles. The van der Waals surface area contributed by atoms with E-state index in [1.807, 2.05) is 31.2 Å². The normalized spacial score (nSPS) is 15.3. The van der Waals surface area contributed by atoms with Crippen LogP contribution in [0.25, 0.3) is 0 Å². The van der Waals surface area contributed by atoms with E-state index in [0.29, 0.717) is 12.2 Å². The second-order valence-corrected chi connectivity index (χ2v) is 10.5. The van der Waals surface area contributed by atoms with Gasteiger partial charge >= 0.3 is 0 Å². The van der Waals surface area contributed by atoms with Gasteiger partial charge in [0.2, 0.25) is 5.91 Å². The number of benzene rings is 2. The Kier molecular flexibility index (Phi) is 9.30. The van der Waals surface area contributed by atoms with Gasteiger partial charge in [-0.05, 0) is 60.1 Å². The van der Waals surface area contributed by atoms with E-state index >= 15 is 0 Å². The van der Waals surface area contributed by atoms with Crippen molar-refractivity contribution in [3.63, 3.8) is 0 Å². The molecule has 1 unspecified atom stereocenters. The van der Waals surface area contributed by atoms with Crippen LogP contribution in [0.3, 0.4) is 0 Å². The lowest BCUT2D eigenvalue weighted by Gasteiger charge is -2.32. The van der Waals surface area contributed by atoms with Gasteiger partial charge in [0.15, 0.2) is 6.61 Å². The minimum absolute atomic E-state index is 0.0281. The summed E-state index contributed by atoms with van der Waals surface area (Å²) in [6.07, 6.45) is 5.85. The van der Waals surface area contributed by atoms with Crippen LogP contribution in [0.1, 0.15) is 77.3 Å². The van der Waals surface area contributed by atoms with Crippen LogP contribution >= 0.6 is 0 Å². The van der Waals surface area contributed by atoms with E-state index in [2.05, 4.69) is 26.1 Å². The average Bonchev–Trinajstić information content (AvgIpc) is 2.84. The Morgan fingerprint density at radius 2 is 1.66 bits per heavy atom. The number of nitrogens with one attached hydrogen (secondary N) is 1. The fourth-order valence-electron chi connectivity index (χ4n) is 4.53. The zero-order valence-electron chi connectivity index (χ0n) is 21.5. The first kappa shape index (κ1) is 26.7. The van der Waals surface area contributed by atoms with Gasteiger partial charge in [-0.1, -0.05) is 71.2 Å². The molecule has 1 saturated carbocycles. The lowest BCUT2D eigenvalue weighted by atomic mass is 9.87. The van der Waals surface area contributed by atoms with Gasteiger partial charge in [-0.3, -0.25) is 9.59 Å². The Morgan fingerprint density at radius 3 is 2.23 bits per heavy atom. The van der Waals surface area contributed by atoms with Crippen molar-refractivity contribution in [2.45, 2.75) is 90.3 Å². The maximum absolute atomic E-state index is 13.4. The fraction of sp³-hybridized carbons (Fsp3) is 0.517. The second-order valence-electron chi connectivity index (χ2n) is 10.5. The molecule has 1 N–H and O–H groups in total. The Balaban J connectivity index is 1.73. The molecule has 1 aliphatic rings. The minimum Gasteiger partial charge on any atom is -0.484 e. The van der Waals surface area contributed by atoms with E-state index in [4.69, 9.17) is 4.74 Å². The smallest absolute Gasteiger partial charge is 0.261 e. The predicted octanol–water partition coefficient (Wildman–Crippen LogP) is 5.76. The van der Waals surface area contributed by atoms with Crippen molar-refractivity contribution in [1.82, 2.24) is 10.2 Å². The molecule has 0 bridgehead atoms. The molecule has 6 heteroatoms. The Hall–Kier alpha value is -2.89. The van der Waals surface area contributed by atoms with Gasteiger partial charge in [-0.25, -0.2) is 4.39 Å². The van der Waals surface area contributed by atoms with Gasteiger partial charge in [0.25, 0.3) is 5.91 Å². The SMILES string of the molecule is CCC(C(=O)NC1CCCCC1)N(Cc1ccc(F)cc1)C(=O)COc1ccc(C(C)(C)C)cc1. The van der Waals surface area contributed by atoms with Crippen molar-refractivity contribution < 1.29 is 18.7 Å². The molecule has 0 radical (unpaired) electrons. The molecule has 35 heavy (non-hydrogen) atoms. The Morgan fingerprint density at radius 1 is 1.03 bits per heavy atom. The molecule has 0 heterocycles. The average molecular weight is 483 g/mol. The first-order chi connectivity index (χ1) is 16.7. The molecule has 2 amide bonds. The van der Waals surface area contributed by atoms with Crippen LogP contribution in [-0.4, -0.2) is 35.4 Å². The van der Waals surface area contributed by atoms with Crippen LogP contribution in [0.4, 0.5) is 4.39 Å². The number of nitrogens with zero attached hydrogens (tertiary/aromatic N) is 1. The summed E-state index contributed by atoms with van der Waals surface area (Å²) in [5, 5.41) is 3.16. The van der Waals surface area contributed by atoms with Crippen LogP contribution in [0.2, 0.25) is 0 Å². The summed E-state index contributed by atoms with van der Waals surface area (Å²) in [6.45, 7) is 8.36. The van der Waals surface area contributed by atoms with Crippen LogP contribution in [0.5, 0.6) is 5.75 Å². The largest absolute Gasteiger partial charge is 0.484 e. The van der Waals surface area contributed by atoms with Crippen LogP contribution < -0.4 is 10.1 Å². The molecule has 5 nitrogen and oxygen atoms in total. The van der Waals surface area contributed by atoms with Crippen molar-refractivity contribution >= 4 is 11.8 Å². The number of hydrogen-bond acceptors (Lipinski definition) is 3. The summed E-state index contributed by atoms with van der Waals surface area (Å²) in [6, 6.07) is 13.3. The summed E-state index contributed by atoms with van der Waals surface area (Å²) in [7, 11) is 0. The fourth-order valence-corrected chi connectivity index (χ4v) is 4.53. The number of halogens is 1. The summed E-state index contributed by atoms with van der Waals surface area (Å²) in [4.78, 5) is 28.2. The van der Waals surface area contributed by atoms with Gasteiger partial charge in [0.1, 0.15) is 17.6 Å². The first-order valence-electron chi connectivity index (χ1n) is 12.7. The van der Waals surface area contributed by atoms with Crippen molar-refractivity contribution in [1.29, 1.82) is 0 Å². The molecule has 0 spiro atoms. The molecule has 190 valence electrons. The number of hydrogen-bond donors (Lipinski definition) is 1. The van der Waals surface area contributed by atoms with E-state index in [-0.39, 0.29) is 42.2 Å². The molecule has 1 atom stereocenters. The first-order valence-corrected chi connectivity index (χ1v) is 12.7. The number of ether oxygens (including phenoxy) is 1. The highest BCUT2D eigenvalue weighted by atomic mass is 19.1.